The fourth-order valence-electron chi connectivity index (χ4n) is 4.04. The van der Waals surface area contributed by atoms with E-state index in [0.29, 0.717) is 6.54 Å². The first kappa shape index (κ1) is 14.9. The van der Waals surface area contributed by atoms with Crippen molar-refractivity contribution < 1.29 is 9.30 Å². The molecule has 3 aromatic carbocycles. The first-order valence-corrected chi connectivity index (χ1v) is 8.67. The zero-order valence-electron chi connectivity index (χ0n) is 14.7. The van der Waals surface area contributed by atoms with E-state index in [1.54, 1.807) is 0 Å². The molecule has 0 aliphatic carbocycles. The lowest BCUT2D eigenvalue weighted by molar-refractivity contribution is -0.633. The van der Waals surface area contributed by atoms with Gasteiger partial charge < -0.3 is 9.58 Å². The van der Waals surface area contributed by atoms with Gasteiger partial charge in [0, 0.05) is 23.1 Å². The molecule has 0 saturated heterocycles. The summed E-state index contributed by atoms with van der Waals surface area (Å²) >= 11 is 0. The topological polar surface area (TPSA) is 17.5 Å². The van der Waals surface area contributed by atoms with Crippen molar-refractivity contribution >= 4 is 21.7 Å². The molecule has 3 nitrogen and oxygen atoms in total. The molecule has 1 aliphatic heterocycles. The number of hydrogen-bond donors (Lipinski definition) is 0. The molecule has 3 heteroatoms. The molecule has 0 saturated carbocycles. The van der Waals surface area contributed by atoms with Gasteiger partial charge in [-0.25, -0.2) is 6.57 Å². The van der Waals surface area contributed by atoms with Crippen LogP contribution in [0.25, 0.3) is 37.8 Å². The minimum Gasteiger partial charge on any atom is -0.450 e. The molecule has 1 aliphatic rings. The number of aryl methyl sites for hydroxylation is 2. The minimum atomic E-state index is 0.402. The van der Waals surface area contributed by atoms with E-state index in [-0.39, 0.29) is 0 Å². The van der Waals surface area contributed by atoms with Gasteiger partial charge in [0.1, 0.15) is 12.8 Å². The molecular formula is C23H17N2O+. The molecule has 0 bridgehead atoms. The fourth-order valence-corrected chi connectivity index (χ4v) is 4.04. The molecule has 2 heterocycles. The van der Waals surface area contributed by atoms with Gasteiger partial charge in [-0.1, -0.05) is 24.3 Å². The van der Waals surface area contributed by atoms with Crippen molar-refractivity contribution in [2.45, 2.75) is 13.5 Å². The third-order valence-electron chi connectivity index (χ3n) is 5.24. The summed E-state index contributed by atoms with van der Waals surface area (Å²) in [6.45, 7) is 9.66. The zero-order chi connectivity index (χ0) is 17.8. The number of fused-ring (bicyclic) bond motifs is 3. The monoisotopic (exact) mass is 337 g/mol. The molecule has 4 aromatic rings. The predicted molar refractivity (Wildman–Crippen MR) is 103 cm³/mol. The molecule has 0 N–H and O–H groups in total. The molecule has 0 radical (unpaired) electrons. The second kappa shape index (κ2) is 5.31. The predicted octanol–water partition coefficient (Wildman–Crippen LogP) is 5.32. The summed E-state index contributed by atoms with van der Waals surface area (Å²) in [7, 11) is 2.09. The first-order chi connectivity index (χ1) is 12.7. The Morgan fingerprint density at radius 3 is 2.73 bits per heavy atom. The average Bonchev–Trinajstić information content (AvgIpc) is 2.64. The molecule has 1 aromatic heterocycles. The highest BCUT2D eigenvalue weighted by Gasteiger charge is 2.30. The Morgan fingerprint density at radius 1 is 1.00 bits per heavy atom. The van der Waals surface area contributed by atoms with Crippen LogP contribution in [0.1, 0.15) is 11.1 Å². The number of benzene rings is 3. The van der Waals surface area contributed by atoms with Crippen molar-refractivity contribution in [3.63, 3.8) is 0 Å². The van der Waals surface area contributed by atoms with Gasteiger partial charge in [-0.2, -0.15) is 4.57 Å². The molecule has 0 unspecified atom stereocenters. The van der Waals surface area contributed by atoms with Crippen LogP contribution < -0.4 is 9.30 Å². The van der Waals surface area contributed by atoms with E-state index >= 15 is 0 Å². The quantitative estimate of drug-likeness (QED) is 0.299. The van der Waals surface area contributed by atoms with E-state index in [1.165, 1.54) is 21.9 Å². The van der Waals surface area contributed by atoms with Gasteiger partial charge in [-0.15, -0.1) is 0 Å². The highest BCUT2D eigenvalue weighted by molar-refractivity contribution is 6.04. The lowest BCUT2D eigenvalue weighted by Crippen LogP contribution is -2.33. The number of rotatable bonds is 1. The molecule has 26 heavy (non-hydrogen) atoms. The van der Waals surface area contributed by atoms with Crippen molar-refractivity contribution in [2.24, 2.45) is 7.05 Å². The van der Waals surface area contributed by atoms with E-state index < -0.39 is 0 Å². The maximum absolute atomic E-state index is 7.11. The summed E-state index contributed by atoms with van der Waals surface area (Å²) in [5, 5.41) is 3.47. The van der Waals surface area contributed by atoms with Crippen molar-refractivity contribution in [1.82, 2.24) is 0 Å². The van der Waals surface area contributed by atoms with Gasteiger partial charge in [0.2, 0.25) is 12.1 Å². The van der Waals surface area contributed by atoms with Crippen LogP contribution in [-0.4, -0.2) is 0 Å². The van der Waals surface area contributed by atoms with Crippen molar-refractivity contribution in [3.05, 3.63) is 77.1 Å². The smallest absolute Gasteiger partial charge is 0.256 e. The Hall–Kier alpha value is -3.38. The fraction of sp³-hybridized carbons (Fsp3) is 0.130. The largest absolute Gasteiger partial charge is 0.450 e. The van der Waals surface area contributed by atoms with Crippen LogP contribution in [0.15, 0.2) is 54.6 Å². The summed E-state index contributed by atoms with van der Waals surface area (Å²) in [6, 6.07) is 18.9. The number of hydrogen-bond acceptors (Lipinski definition) is 1. The Labute approximate surface area is 151 Å². The van der Waals surface area contributed by atoms with Crippen LogP contribution in [0.5, 0.6) is 11.5 Å². The number of ether oxygens (including phenoxy) is 1. The third-order valence-corrected chi connectivity index (χ3v) is 5.24. The van der Waals surface area contributed by atoms with Crippen molar-refractivity contribution in [2.75, 3.05) is 0 Å². The van der Waals surface area contributed by atoms with Crippen LogP contribution in [0.3, 0.4) is 0 Å². The maximum atomic E-state index is 7.11. The van der Waals surface area contributed by atoms with Crippen LogP contribution in [-0.2, 0) is 13.6 Å². The Kier molecular flexibility index (Phi) is 3.05. The first-order valence-electron chi connectivity index (χ1n) is 8.67. The average molecular weight is 337 g/mol. The zero-order valence-corrected chi connectivity index (χ0v) is 14.7. The second-order valence-electron chi connectivity index (χ2n) is 6.84. The van der Waals surface area contributed by atoms with Gasteiger partial charge in [0.25, 0.3) is 5.69 Å². The van der Waals surface area contributed by atoms with E-state index in [1.807, 2.05) is 18.2 Å². The van der Waals surface area contributed by atoms with Crippen LogP contribution in [0.2, 0.25) is 0 Å². The molecule has 0 fully saturated rings. The van der Waals surface area contributed by atoms with Crippen LogP contribution in [0.4, 0.5) is 0 Å². The Morgan fingerprint density at radius 2 is 1.88 bits per heavy atom. The van der Waals surface area contributed by atoms with Crippen LogP contribution >= 0.6 is 0 Å². The van der Waals surface area contributed by atoms with Crippen molar-refractivity contribution in [1.29, 1.82) is 0 Å². The molecular weight excluding hydrogens is 320 g/mol. The number of pyridine rings is 1. The number of nitrogens with zero attached hydrogens (tertiary/aromatic N) is 2. The highest BCUT2D eigenvalue weighted by Crippen LogP contribution is 2.46. The minimum absolute atomic E-state index is 0.402. The SMILES string of the molecule is [C-]#[N+]Cc1ccc2c(c1)cc1c([n+]2C)-c2c(C)ccc3cccc(c23)O1. The third kappa shape index (κ3) is 1.96. The molecule has 5 rings (SSSR count). The number of aromatic nitrogens is 1. The van der Waals surface area contributed by atoms with Gasteiger partial charge in [-0.3, -0.25) is 0 Å². The summed E-state index contributed by atoms with van der Waals surface area (Å²) in [5.41, 5.74) is 5.76. The second-order valence-corrected chi connectivity index (χ2v) is 6.84. The van der Waals surface area contributed by atoms with Gasteiger partial charge in [0.05, 0.1) is 10.9 Å². The molecule has 124 valence electrons. The molecule has 0 amide bonds. The normalized spacial score (nSPS) is 11.9. The summed E-state index contributed by atoms with van der Waals surface area (Å²) in [6.07, 6.45) is 0. The van der Waals surface area contributed by atoms with Gasteiger partial charge >= 0.3 is 0 Å². The Bertz CT molecular complexity index is 1270. The standard InChI is InChI=1S/C23H17N2O/c1-14-7-9-16-5-4-6-19-22(16)21(14)23-20(26-19)12-17-11-15(13-24-2)8-10-18(17)25(23)3/h4-12H,13H2,1,3H3/q+1. The summed E-state index contributed by atoms with van der Waals surface area (Å²) in [4.78, 5) is 3.50. The Balaban J connectivity index is 1.90. The highest BCUT2D eigenvalue weighted by atomic mass is 16.5. The summed E-state index contributed by atoms with van der Waals surface area (Å²) < 4.78 is 8.52. The maximum Gasteiger partial charge on any atom is 0.256 e. The van der Waals surface area contributed by atoms with E-state index in [4.69, 9.17) is 11.3 Å². The summed E-state index contributed by atoms with van der Waals surface area (Å²) in [5.74, 6) is 1.78. The van der Waals surface area contributed by atoms with Gasteiger partial charge in [-0.05, 0) is 36.1 Å². The van der Waals surface area contributed by atoms with Crippen molar-refractivity contribution in [3.8, 4) is 22.8 Å². The van der Waals surface area contributed by atoms with E-state index in [0.717, 1.165) is 33.7 Å². The van der Waals surface area contributed by atoms with Gasteiger partial charge in [0.15, 0.2) is 5.75 Å². The van der Waals surface area contributed by atoms with Crippen LogP contribution in [0, 0.1) is 13.5 Å². The molecule has 0 spiro atoms. The van der Waals surface area contributed by atoms with E-state index in [9.17, 15) is 0 Å². The van der Waals surface area contributed by atoms with E-state index in [2.05, 4.69) is 59.8 Å². The lowest BCUT2D eigenvalue weighted by Gasteiger charge is -2.21. The lowest BCUT2D eigenvalue weighted by atomic mass is 9.93. The molecule has 0 atom stereocenters.